The molecule has 0 aromatic heterocycles. The minimum absolute atomic E-state index is 0.0822. The second-order valence-corrected chi connectivity index (χ2v) is 7.03. The first kappa shape index (κ1) is 18.9. The fraction of sp³-hybridized carbons (Fsp3) is 0.882. The summed E-state index contributed by atoms with van der Waals surface area (Å²) < 4.78 is 5.18. The number of amides is 1. The van der Waals surface area contributed by atoms with E-state index in [2.05, 4.69) is 27.7 Å². The molecule has 0 saturated carbocycles. The molecular formula is C17H32N2O3. The quantitative estimate of drug-likeness (QED) is 0.732. The van der Waals surface area contributed by atoms with Gasteiger partial charge in [-0.3, -0.25) is 9.59 Å². The highest BCUT2D eigenvalue weighted by Crippen LogP contribution is 2.22. The molecule has 5 heteroatoms. The summed E-state index contributed by atoms with van der Waals surface area (Å²) in [7, 11) is 0. The maximum Gasteiger partial charge on any atom is 0.306 e. The van der Waals surface area contributed by atoms with Crippen LogP contribution in [0.15, 0.2) is 0 Å². The van der Waals surface area contributed by atoms with Gasteiger partial charge in [-0.15, -0.1) is 0 Å². The standard InChI is InChI=1S/C17H32N2O3/c1-12(2)8-15(10-18)9-17(21)22-11-16(20)19-13(3)6-5-7-14(19)4/h12-15H,5-11,18H2,1-4H3/t13-,14-,15-/m0/s1. The van der Waals surface area contributed by atoms with E-state index in [1.807, 2.05) is 4.90 Å². The Balaban J connectivity index is 2.40. The Kier molecular flexibility index (Phi) is 7.87. The molecule has 5 nitrogen and oxygen atoms in total. The number of carbonyl (C=O) groups is 2. The predicted octanol–water partition coefficient (Wildman–Crippen LogP) is 2.33. The number of piperidine rings is 1. The Hall–Kier alpha value is -1.10. The molecule has 0 spiro atoms. The second-order valence-electron chi connectivity index (χ2n) is 7.03. The predicted molar refractivity (Wildman–Crippen MR) is 87.2 cm³/mol. The monoisotopic (exact) mass is 312 g/mol. The van der Waals surface area contributed by atoms with Crippen molar-refractivity contribution in [2.24, 2.45) is 17.6 Å². The molecule has 1 saturated heterocycles. The molecule has 3 atom stereocenters. The van der Waals surface area contributed by atoms with Crippen LogP contribution in [-0.2, 0) is 14.3 Å². The van der Waals surface area contributed by atoms with E-state index in [-0.39, 0.29) is 36.5 Å². The lowest BCUT2D eigenvalue weighted by Crippen LogP contribution is -2.49. The van der Waals surface area contributed by atoms with Gasteiger partial charge in [0.1, 0.15) is 0 Å². The van der Waals surface area contributed by atoms with Crippen molar-refractivity contribution < 1.29 is 14.3 Å². The third-order valence-electron chi connectivity index (χ3n) is 4.43. The summed E-state index contributed by atoms with van der Waals surface area (Å²) in [4.78, 5) is 26.0. The van der Waals surface area contributed by atoms with Crippen LogP contribution in [0.3, 0.4) is 0 Å². The summed E-state index contributed by atoms with van der Waals surface area (Å²) >= 11 is 0. The first-order chi connectivity index (χ1) is 10.3. The molecule has 0 unspecified atom stereocenters. The van der Waals surface area contributed by atoms with Crippen LogP contribution in [0.25, 0.3) is 0 Å². The number of esters is 1. The topological polar surface area (TPSA) is 72.6 Å². The zero-order chi connectivity index (χ0) is 16.7. The Labute approximate surface area is 134 Å². The Bertz CT molecular complexity index is 361. The molecule has 2 N–H and O–H groups in total. The fourth-order valence-electron chi connectivity index (χ4n) is 3.35. The first-order valence-electron chi connectivity index (χ1n) is 8.52. The lowest BCUT2D eigenvalue weighted by Gasteiger charge is -2.38. The number of ether oxygens (including phenoxy) is 1. The van der Waals surface area contributed by atoms with E-state index in [1.165, 1.54) is 0 Å². The third kappa shape index (κ3) is 5.95. The smallest absolute Gasteiger partial charge is 0.306 e. The van der Waals surface area contributed by atoms with Gasteiger partial charge in [-0.25, -0.2) is 0 Å². The Morgan fingerprint density at radius 2 is 1.82 bits per heavy atom. The Morgan fingerprint density at radius 1 is 1.23 bits per heavy atom. The van der Waals surface area contributed by atoms with Gasteiger partial charge in [-0.1, -0.05) is 13.8 Å². The van der Waals surface area contributed by atoms with Crippen molar-refractivity contribution in [3.63, 3.8) is 0 Å². The van der Waals surface area contributed by atoms with Crippen LogP contribution in [0.1, 0.15) is 59.8 Å². The number of hydrogen-bond acceptors (Lipinski definition) is 4. The highest BCUT2D eigenvalue weighted by atomic mass is 16.5. The highest BCUT2D eigenvalue weighted by molar-refractivity contribution is 5.81. The molecule has 128 valence electrons. The zero-order valence-electron chi connectivity index (χ0n) is 14.5. The number of hydrogen-bond donors (Lipinski definition) is 1. The number of nitrogens with two attached hydrogens (primary N) is 1. The lowest BCUT2D eigenvalue weighted by molar-refractivity contribution is -0.155. The highest BCUT2D eigenvalue weighted by Gasteiger charge is 2.29. The molecule has 1 amide bonds. The first-order valence-corrected chi connectivity index (χ1v) is 8.52. The van der Waals surface area contributed by atoms with Gasteiger partial charge in [-0.2, -0.15) is 0 Å². The number of rotatable bonds is 7. The minimum Gasteiger partial charge on any atom is -0.456 e. The SMILES string of the molecule is CC(C)C[C@H](CN)CC(=O)OCC(=O)N1[C@@H](C)CCC[C@@H]1C. The molecule has 0 bridgehead atoms. The molecule has 1 aliphatic rings. The zero-order valence-corrected chi connectivity index (χ0v) is 14.5. The van der Waals surface area contributed by atoms with E-state index < -0.39 is 0 Å². The van der Waals surface area contributed by atoms with E-state index in [9.17, 15) is 9.59 Å². The van der Waals surface area contributed by atoms with Gasteiger partial charge >= 0.3 is 5.97 Å². The van der Waals surface area contributed by atoms with Crippen molar-refractivity contribution in [1.82, 2.24) is 4.90 Å². The van der Waals surface area contributed by atoms with Crippen molar-refractivity contribution in [2.45, 2.75) is 71.9 Å². The van der Waals surface area contributed by atoms with Gasteiger partial charge in [0.2, 0.25) is 0 Å². The molecule has 0 aliphatic carbocycles. The van der Waals surface area contributed by atoms with E-state index >= 15 is 0 Å². The van der Waals surface area contributed by atoms with Crippen molar-refractivity contribution in [3.8, 4) is 0 Å². The number of likely N-dealkylation sites (tertiary alicyclic amines) is 1. The molecule has 1 heterocycles. The molecule has 22 heavy (non-hydrogen) atoms. The summed E-state index contributed by atoms with van der Waals surface area (Å²) in [6.45, 7) is 8.66. The van der Waals surface area contributed by atoms with Crippen molar-refractivity contribution in [2.75, 3.05) is 13.2 Å². The van der Waals surface area contributed by atoms with Crippen LogP contribution >= 0.6 is 0 Å². The van der Waals surface area contributed by atoms with Crippen LogP contribution in [0.4, 0.5) is 0 Å². The lowest BCUT2D eigenvalue weighted by atomic mass is 9.94. The van der Waals surface area contributed by atoms with Crippen LogP contribution in [0.2, 0.25) is 0 Å². The van der Waals surface area contributed by atoms with Crippen LogP contribution in [0, 0.1) is 11.8 Å². The van der Waals surface area contributed by atoms with Crippen LogP contribution in [0.5, 0.6) is 0 Å². The number of nitrogens with zero attached hydrogens (tertiary/aromatic N) is 1. The summed E-state index contributed by atoms with van der Waals surface area (Å²) in [5.41, 5.74) is 5.70. The average Bonchev–Trinajstić information content (AvgIpc) is 2.43. The van der Waals surface area contributed by atoms with E-state index in [1.54, 1.807) is 0 Å². The fourth-order valence-corrected chi connectivity index (χ4v) is 3.35. The maximum absolute atomic E-state index is 12.3. The van der Waals surface area contributed by atoms with E-state index in [0.29, 0.717) is 18.9 Å². The summed E-state index contributed by atoms with van der Waals surface area (Å²) in [6, 6.07) is 0.459. The van der Waals surface area contributed by atoms with Crippen molar-refractivity contribution in [1.29, 1.82) is 0 Å². The molecular weight excluding hydrogens is 280 g/mol. The van der Waals surface area contributed by atoms with Crippen molar-refractivity contribution >= 4 is 11.9 Å². The minimum atomic E-state index is -0.318. The maximum atomic E-state index is 12.3. The largest absolute Gasteiger partial charge is 0.456 e. The van der Waals surface area contributed by atoms with E-state index in [4.69, 9.17) is 10.5 Å². The molecule has 0 aromatic rings. The molecule has 1 aliphatic heterocycles. The van der Waals surface area contributed by atoms with Gasteiger partial charge in [0.25, 0.3) is 5.91 Å². The molecule has 1 rings (SSSR count). The van der Waals surface area contributed by atoms with E-state index in [0.717, 1.165) is 25.7 Å². The average molecular weight is 312 g/mol. The van der Waals surface area contributed by atoms with Gasteiger partial charge in [0.05, 0.1) is 0 Å². The van der Waals surface area contributed by atoms with Gasteiger partial charge in [0.15, 0.2) is 6.61 Å². The normalized spacial score (nSPS) is 23.5. The molecule has 1 fully saturated rings. The van der Waals surface area contributed by atoms with Crippen LogP contribution < -0.4 is 5.73 Å². The Morgan fingerprint density at radius 3 is 2.32 bits per heavy atom. The van der Waals surface area contributed by atoms with Gasteiger partial charge < -0.3 is 15.4 Å². The summed E-state index contributed by atoms with van der Waals surface area (Å²) in [5.74, 6) is 0.233. The third-order valence-corrected chi connectivity index (χ3v) is 4.43. The molecule has 0 aromatic carbocycles. The molecule has 0 radical (unpaired) electrons. The van der Waals surface area contributed by atoms with Crippen LogP contribution in [-0.4, -0.2) is 42.0 Å². The summed E-state index contributed by atoms with van der Waals surface area (Å²) in [6.07, 6.45) is 4.40. The number of carbonyl (C=O) groups excluding carboxylic acids is 2. The second kappa shape index (κ2) is 9.13. The van der Waals surface area contributed by atoms with Gasteiger partial charge in [-0.05, 0) is 57.9 Å². The van der Waals surface area contributed by atoms with Crippen molar-refractivity contribution in [3.05, 3.63) is 0 Å². The van der Waals surface area contributed by atoms with Gasteiger partial charge in [0, 0.05) is 18.5 Å². The summed E-state index contributed by atoms with van der Waals surface area (Å²) in [5, 5.41) is 0.